The van der Waals surface area contributed by atoms with Crippen molar-refractivity contribution < 1.29 is 9.84 Å². The van der Waals surface area contributed by atoms with Gasteiger partial charge in [0.1, 0.15) is 5.75 Å². The van der Waals surface area contributed by atoms with Gasteiger partial charge in [0.15, 0.2) is 0 Å². The number of hydrogen-bond donors (Lipinski definition) is 2. The molecule has 0 heterocycles. The van der Waals surface area contributed by atoms with E-state index >= 15 is 0 Å². The summed E-state index contributed by atoms with van der Waals surface area (Å²) in [6, 6.07) is 7.65. The van der Waals surface area contributed by atoms with Gasteiger partial charge in [-0.15, -0.1) is 0 Å². The summed E-state index contributed by atoms with van der Waals surface area (Å²) in [7, 11) is 1.88. The van der Waals surface area contributed by atoms with E-state index in [0.29, 0.717) is 13.0 Å². The molecule has 0 aromatic heterocycles. The summed E-state index contributed by atoms with van der Waals surface area (Å²) >= 11 is 0. The number of benzene rings is 1. The first-order valence-electron chi connectivity index (χ1n) is 5.70. The second-order valence-electron chi connectivity index (χ2n) is 4.09. The van der Waals surface area contributed by atoms with Gasteiger partial charge in [-0.3, -0.25) is 0 Å². The molecule has 1 unspecified atom stereocenters. The zero-order chi connectivity index (χ0) is 12.0. The quantitative estimate of drug-likeness (QED) is 0.774. The van der Waals surface area contributed by atoms with Crippen molar-refractivity contribution >= 4 is 0 Å². The monoisotopic (exact) mass is 223 g/mol. The molecule has 16 heavy (non-hydrogen) atoms. The first-order chi connectivity index (χ1) is 7.60. The molecule has 1 rings (SSSR count). The molecule has 0 fully saturated rings. The van der Waals surface area contributed by atoms with Crippen LogP contribution in [0, 0.1) is 0 Å². The smallest absolute Gasteiger partial charge is 0.119 e. The molecule has 0 amide bonds. The van der Waals surface area contributed by atoms with E-state index in [1.54, 1.807) is 0 Å². The Balaban J connectivity index is 2.80. The Hall–Kier alpha value is -1.06. The van der Waals surface area contributed by atoms with Crippen molar-refractivity contribution in [3.8, 4) is 5.75 Å². The fourth-order valence-electron chi connectivity index (χ4n) is 1.60. The number of rotatable bonds is 6. The van der Waals surface area contributed by atoms with Crippen LogP contribution in [0.1, 0.15) is 25.8 Å². The normalized spacial score (nSPS) is 14.5. The SMILES string of the molecule is CCOc1cccc(C(C)(O)CCNC)c1. The maximum Gasteiger partial charge on any atom is 0.119 e. The number of ether oxygens (including phenoxy) is 1. The zero-order valence-corrected chi connectivity index (χ0v) is 10.3. The van der Waals surface area contributed by atoms with Crippen molar-refractivity contribution in [1.82, 2.24) is 5.32 Å². The lowest BCUT2D eigenvalue weighted by Crippen LogP contribution is -2.26. The highest BCUT2D eigenvalue weighted by Gasteiger charge is 2.22. The van der Waals surface area contributed by atoms with Gasteiger partial charge in [0.2, 0.25) is 0 Å². The van der Waals surface area contributed by atoms with Crippen molar-refractivity contribution in [3.05, 3.63) is 29.8 Å². The molecule has 0 spiro atoms. The van der Waals surface area contributed by atoms with Crippen LogP contribution in [0.5, 0.6) is 5.75 Å². The topological polar surface area (TPSA) is 41.5 Å². The Morgan fingerprint density at radius 2 is 2.19 bits per heavy atom. The molecule has 3 nitrogen and oxygen atoms in total. The minimum absolute atomic E-state index is 0.641. The highest BCUT2D eigenvalue weighted by Crippen LogP contribution is 2.26. The fourth-order valence-corrected chi connectivity index (χ4v) is 1.60. The summed E-state index contributed by atoms with van der Waals surface area (Å²) in [5, 5.41) is 13.4. The first kappa shape index (κ1) is 13.0. The maximum absolute atomic E-state index is 10.3. The van der Waals surface area contributed by atoms with Crippen LogP contribution in [-0.2, 0) is 5.60 Å². The third kappa shape index (κ3) is 3.51. The van der Waals surface area contributed by atoms with E-state index in [1.807, 2.05) is 45.2 Å². The molecule has 0 aliphatic rings. The van der Waals surface area contributed by atoms with Gasteiger partial charge in [0.05, 0.1) is 12.2 Å². The Bertz CT molecular complexity index is 323. The van der Waals surface area contributed by atoms with Crippen molar-refractivity contribution in [2.24, 2.45) is 0 Å². The van der Waals surface area contributed by atoms with Crippen LogP contribution in [0.2, 0.25) is 0 Å². The molecule has 3 heteroatoms. The van der Waals surface area contributed by atoms with Gasteiger partial charge in [-0.05, 0) is 51.6 Å². The zero-order valence-electron chi connectivity index (χ0n) is 10.3. The van der Waals surface area contributed by atoms with E-state index < -0.39 is 5.60 Å². The summed E-state index contributed by atoms with van der Waals surface area (Å²) in [6.45, 7) is 5.20. The lowest BCUT2D eigenvalue weighted by molar-refractivity contribution is 0.0482. The summed E-state index contributed by atoms with van der Waals surface area (Å²) in [6.07, 6.45) is 0.680. The van der Waals surface area contributed by atoms with Gasteiger partial charge < -0.3 is 15.2 Å². The van der Waals surface area contributed by atoms with E-state index in [9.17, 15) is 5.11 Å². The molecular weight excluding hydrogens is 202 g/mol. The van der Waals surface area contributed by atoms with Crippen molar-refractivity contribution in [2.45, 2.75) is 25.9 Å². The van der Waals surface area contributed by atoms with Gasteiger partial charge >= 0.3 is 0 Å². The van der Waals surface area contributed by atoms with Gasteiger partial charge in [-0.2, -0.15) is 0 Å². The molecule has 0 aliphatic carbocycles. The average molecular weight is 223 g/mol. The van der Waals surface area contributed by atoms with E-state index in [-0.39, 0.29) is 0 Å². The minimum Gasteiger partial charge on any atom is -0.494 e. The Morgan fingerprint density at radius 1 is 1.44 bits per heavy atom. The highest BCUT2D eigenvalue weighted by molar-refractivity contribution is 5.32. The molecule has 1 atom stereocenters. The van der Waals surface area contributed by atoms with Crippen LogP contribution in [0.3, 0.4) is 0 Å². The summed E-state index contributed by atoms with van der Waals surface area (Å²) in [4.78, 5) is 0. The van der Waals surface area contributed by atoms with Crippen molar-refractivity contribution in [2.75, 3.05) is 20.2 Å². The second kappa shape index (κ2) is 5.87. The van der Waals surface area contributed by atoms with Crippen LogP contribution in [-0.4, -0.2) is 25.3 Å². The standard InChI is InChI=1S/C13H21NO2/c1-4-16-12-7-5-6-11(10-12)13(2,15)8-9-14-3/h5-7,10,14-15H,4,8-9H2,1-3H3. The molecule has 0 saturated heterocycles. The van der Waals surface area contributed by atoms with Crippen LogP contribution < -0.4 is 10.1 Å². The van der Waals surface area contributed by atoms with Gasteiger partial charge in [0.25, 0.3) is 0 Å². The van der Waals surface area contributed by atoms with Crippen molar-refractivity contribution in [1.29, 1.82) is 0 Å². The van der Waals surface area contributed by atoms with Crippen LogP contribution >= 0.6 is 0 Å². The molecule has 0 saturated carbocycles. The number of aliphatic hydroxyl groups is 1. The van der Waals surface area contributed by atoms with E-state index in [1.165, 1.54) is 0 Å². The summed E-state index contributed by atoms with van der Waals surface area (Å²) in [5.74, 6) is 0.810. The Labute approximate surface area is 97.4 Å². The van der Waals surface area contributed by atoms with Crippen LogP contribution in [0.15, 0.2) is 24.3 Å². The first-order valence-corrected chi connectivity index (χ1v) is 5.70. The summed E-state index contributed by atoms with van der Waals surface area (Å²) < 4.78 is 5.42. The molecule has 0 radical (unpaired) electrons. The molecule has 0 aliphatic heterocycles. The molecular formula is C13H21NO2. The number of hydrogen-bond acceptors (Lipinski definition) is 3. The van der Waals surface area contributed by atoms with Crippen LogP contribution in [0.4, 0.5) is 0 Å². The van der Waals surface area contributed by atoms with Gasteiger partial charge in [0, 0.05) is 0 Å². The average Bonchev–Trinajstić information content (AvgIpc) is 2.27. The molecule has 90 valence electrons. The van der Waals surface area contributed by atoms with Gasteiger partial charge in [-0.25, -0.2) is 0 Å². The Kier molecular flexibility index (Phi) is 4.77. The van der Waals surface area contributed by atoms with Crippen LogP contribution in [0.25, 0.3) is 0 Å². The van der Waals surface area contributed by atoms with Crippen molar-refractivity contribution in [3.63, 3.8) is 0 Å². The third-order valence-corrected chi connectivity index (χ3v) is 2.63. The number of nitrogens with one attached hydrogen (secondary N) is 1. The largest absolute Gasteiger partial charge is 0.494 e. The highest BCUT2D eigenvalue weighted by atomic mass is 16.5. The molecule has 0 bridgehead atoms. The lowest BCUT2D eigenvalue weighted by atomic mass is 9.92. The second-order valence-corrected chi connectivity index (χ2v) is 4.09. The maximum atomic E-state index is 10.3. The predicted octanol–water partition coefficient (Wildman–Crippen LogP) is 1.90. The molecule has 1 aromatic carbocycles. The van der Waals surface area contributed by atoms with E-state index in [2.05, 4.69) is 5.32 Å². The Morgan fingerprint density at radius 3 is 2.81 bits per heavy atom. The fraction of sp³-hybridized carbons (Fsp3) is 0.538. The molecule has 1 aromatic rings. The summed E-state index contributed by atoms with van der Waals surface area (Å²) in [5.41, 5.74) is 0.0875. The molecule has 2 N–H and O–H groups in total. The van der Waals surface area contributed by atoms with E-state index in [4.69, 9.17) is 4.74 Å². The predicted molar refractivity (Wildman–Crippen MR) is 65.7 cm³/mol. The van der Waals surface area contributed by atoms with Gasteiger partial charge in [-0.1, -0.05) is 12.1 Å². The lowest BCUT2D eigenvalue weighted by Gasteiger charge is -2.24. The van der Waals surface area contributed by atoms with E-state index in [0.717, 1.165) is 17.9 Å². The minimum atomic E-state index is -0.809. The third-order valence-electron chi connectivity index (χ3n) is 2.63.